The van der Waals surface area contributed by atoms with Gasteiger partial charge in [-0.25, -0.2) is 0 Å². The first-order valence-electron chi connectivity index (χ1n) is 6.10. The van der Waals surface area contributed by atoms with Crippen LogP contribution < -0.4 is 10.6 Å². The summed E-state index contributed by atoms with van der Waals surface area (Å²) in [6, 6.07) is 7.38. The fourth-order valence-corrected chi connectivity index (χ4v) is 2.78. The zero-order valence-corrected chi connectivity index (χ0v) is 11.8. The molecule has 0 unspecified atom stereocenters. The van der Waals surface area contributed by atoms with E-state index < -0.39 is 0 Å². The Labute approximate surface area is 119 Å². The second-order valence-electron chi connectivity index (χ2n) is 4.54. The summed E-state index contributed by atoms with van der Waals surface area (Å²) in [6.07, 6.45) is 3.31. The van der Waals surface area contributed by atoms with Gasteiger partial charge in [0.2, 0.25) is 0 Å². The van der Waals surface area contributed by atoms with E-state index in [1.807, 2.05) is 18.2 Å². The first-order valence-corrected chi connectivity index (χ1v) is 6.89. The number of hydrogen-bond donors (Lipinski definition) is 1. The number of nitrogens with two attached hydrogens (primary N) is 1. The van der Waals surface area contributed by atoms with Gasteiger partial charge in [-0.15, -0.1) is 0 Å². The Bertz CT molecular complexity index is 636. The smallest absolute Gasteiger partial charge is 0.261 e. The van der Waals surface area contributed by atoms with Crippen LogP contribution in [0, 0.1) is 0 Å². The minimum atomic E-state index is -0.0546. The van der Waals surface area contributed by atoms with Gasteiger partial charge in [0, 0.05) is 24.0 Å². The van der Waals surface area contributed by atoms with Crippen molar-refractivity contribution in [2.45, 2.75) is 12.8 Å². The molecule has 0 atom stereocenters. The molecule has 5 heteroatoms. The maximum atomic E-state index is 12.5. The van der Waals surface area contributed by atoms with E-state index >= 15 is 0 Å². The maximum absolute atomic E-state index is 12.5. The molecule has 2 heterocycles. The first kappa shape index (κ1) is 12.3. The molecule has 98 valence electrons. The van der Waals surface area contributed by atoms with Gasteiger partial charge in [0.25, 0.3) is 5.91 Å². The highest BCUT2D eigenvalue weighted by molar-refractivity contribution is 9.10. The van der Waals surface area contributed by atoms with Gasteiger partial charge < -0.3 is 15.1 Å². The lowest BCUT2D eigenvalue weighted by molar-refractivity contribution is 0.0984. The van der Waals surface area contributed by atoms with Gasteiger partial charge in [0.05, 0.1) is 5.56 Å². The van der Waals surface area contributed by atoms with Crippen LogP contribution in [0.1, 0.15) is 22.3 Å². The molecule has 19 heavy (non-hydrogen) atoms. The van der Waals surface area contributed by atoms with Gasteiger partial charge in [-0.1, -0.05) is 6.07 Å². The lowest BCUT2D eigenvalue weighted by atomic mass is 9.99. The van der Waals surface area contributed by atoms with E-state index in [0.29, 0.717) is 16.8 Å². The molecule has 0 fully saturated rings. The summed E-state index contributed by atoms with van der Waals surface area (Å²) in [5.74, 6) is -0.0546. The molecule has 1 aliphatic heterocycles. The number of hydrogen-bond acceptors (Lipinski definition) is 3. The summed E-state index contributed by atoms with van der Waals surface area (Å²) in [5.41, 5.74) is 9.25. The molecule has 4 nitrogen and oxygen atoms in total. The average Bonchev–Trinajstić information content (AvgIpc) is 2.85. The van der Waals surface area contributed by atoms with Crippen LogP contribution in [0.2, 0.25) is 0 Å². The average molecular weight is 321 g/mol. The van der Waals surface area contributed by atoms with Gasteiger partial charge in [-0.2, -0.15) is 0 Å². The number of anilines is 2. The molecule has 0 saturated heterocycles. The van der Waals surface area contributed by atoms with Crippen molar-refractivity contribution < 1.29 is 9.21 Å². The van der Waals surface area contributed by atoms with Crippen LogP contribution in [0.25, 0.3) is 0 Å². The Morgan fingerprint density at radius 1 is 1.42 bits per heavy atom. The Kier molecular flexibility index (Phi) is 3.06. The van der Waals surface area contributed by atoms with Crippen molar-refractivity contribution >= 4 is 33.2 Å². The van der Waals surface area contributed by atoms with E-state index in [1.54, 1.807) is 11.0 Å². The fraction of sp³-hybridized carbons (Fsp3) is 0.214. The van der Waals surface area contributed by atoms with Crippen LogP contribution in [0.3, 0.4) is 0 Å². The Balaban J connectivity index is 2.00. The van der Waals surface area contributed by atoms with Gasteiger partial charge in [-0.3, -0.25) is 4.79 Å². The van der Waals surface area contributed by atoms with Crippen molar-refractivity contribution in [3.8, 4) is 0 Å². The summed E-state index contributed by atoms with van der Waals surface area (Å²) in [6.45, 7) is 0.706. The number of benzene rings is 1. The Hall–Kier alpha value is -1.75. The highest BCUT2D eigenvalue weighted by atomic mass is 79.9. The van der Waals surface area contributed by atoms with Crippen LogP contribution in [0.5, 0.6) is 0 Å². The summed E-state index contributed by atoms with van der Waals surface area (Å²) >= 11 is 3.21. The molecule has 0 radical (unpaired) electrons. The normalized spacial score (nSPS) is 14.3. The van der Waals surface area contributed by atoms with Crippen molar-refractivity contribution in [1.82, 2.24) is 0 Å². The summed E-state index contributed by atoms with van der Waals surface area (Å²) in [5, 5.41) is 0. The second-order valence-corrected chi connectivity index (χ2v) is 5.33. The van der Waals surface area contributed by atoms with Crippen LogP contribution in [0.4, 0.5) is 11.4 Å². The van der Waals surface area contributed by atoms with Gasteiger partial charge >= 0.3 is 0 Å². The highest BCUT2D eigenvalue weighted by Gasteiger charge is 2.25. The van der Waals surface area contributed by atoms with Crippen LogP contribution >= 0.6 is 15.9 Å². The molecule has 3 rings (SSSR count). The van der Waals surface area contributed by atoms with Gasteiger partial charge in [0.15, 0.2) is 4.67 Å². The second kappa shape index (κ2) is 4.74. The first-order chi connectivity index (χ1) is 9.16. The van der Waals surface area contributed by atoms with E-state index in [1.165, 1.54) is 6.26 Å². The van der Waals surface area contributed by atoms with E-state index in [-0.39, 0.29) is 5.91 Å². The number of rotatable bonds is 1. The summed E-state index contributed by atoms with van der Waals surface area (Å²) in [4.78, 5) is 14.3. The summed E-state index contributed by atoms with van der Waals surface area (Å²) < 4.78 is 5.69. The van der Waals surface area contributed by atoms with Crippen molar-refractivity contribution in [2.24, 2.45) is 0 Å². The monoisotopic (exact) mass is 320 g/mol. The van der Waals surface area contributed by atoms with Gasteiger partial charge in [-0.05, 0) is 46.5 Å². The number of carbonyl (C=O) groups excluding carboxylic acids is 1. The van der Waals surface area contributed by atoms with E-state index in [2.05, 4.69) is 15.9 Å². The lowest BCUT2D eigenvalue weighted by Gasteiger charge is -2.29. The highest BCUT2D eigenvalue weighted by Crippen LogP contribution is 2.32. The largest absolute Gasteiger partial charge is 0.457 e. The zero-order chi connectivity index (χ0) is 13.4. The number of nitrogen functional groups attached to an aromatic ring is 1. The maximum Gasteiger partial charge on any atom is 0.261 e. The van der Waals surface area contributed by atoms with Crippen LogP contribution in [-0.2, 0) is 6.42 Å². The molecule has 1 amide bonds. The number of halogens is 1. The lowest BCUT2D eigenvalue weighted by Crippen LogP contribution is -2.35. The van der Waals surface area contributed by atoms with Crippen LogP contribution in [-0.4, -0.2) is 12.5 Å². The molecular formula is C14H13BrN2O2. The molecule has 0 spiro atoms. The molecule has 0 saturated carbocycles. The molecule has 0 bridgehead atoms. The Morgan fingerprint density at radius 2 is 2.26 bits per heavy atom. The third kappa shape index (κ3) is 2.14. The molecule has 0 aliphatic carbocycles. The minimum absolute atomic E-state index is 0.0546. The Morgan fingerprint density at radius 3 is 3.00 bits per heavy atom. The molecule has 2 aromatic rings. The number of carbonyl (C=O) groups is 1. The predicted octanol–water partition coefficient (Wildman–Crippen LogP) is 3.22. The molecule has 1 aliphatic rings. The van der Waals surface area contributed by atoms with Crippen molar-refractivity contribution in [3.05, 3.63) is 46.3 Å². The topological polar surface area (TPSA) is 59.5 Å². The van der Waals surface area contributed by atoms with Crippen molar-refractivity contribution in [2.75, 3.05) is 17.2 Å². The van der Waals surface area contributed by atoms with Crippen LogP contribution in [0.15, 0.2) is 39.6 Å². The summed E-state index contributed by atoms with van der Waals surface area (Å²) in [7, 11) is 0. The standard InChI is InChI=1S/C14H13BrN2O2/c15-13-7-9(8-19-13)14(18)17-6-2-3-10-11(16)4-1-5-12(10)17/h1,4-5,7-8H,2-3,6,16H2. The van der Waals surface area contributed by atoms with Crippen molar-refractivity contribution in [1.29, 1.82) is 0 Å². The quantitative estimate of drug-likeness (QED) is 0.821. The van der Waals surface area contributed by atoms with E-state index in [0.717, 1.165) is 29.8 Å². The predicted molar refractivity (Wildman–Crippen MR) is 77.3 cm³/mol. The van der Waals surface area contributed by atoms with Crippen molar-refractivity contribution in [3.63, 3.8) is 0 Å². The zero-order valence-electron chi connectivity index (χ0n) is 10.2. The molecule has 2 N–H and O–H groups in total. The molecule has 1 aromatic heterocycles. The molecule has 1 aromatic carbocycles. The minimum Gasteiger partial charge on any atom is -0.457 e. The fourth-order valence-electron chi connectivity index (χ4n) is 2.44. The number of amides is 1. The number of nitrogens with zero attached hydrogens (tertiary/aromatic N) is 1. The third-order valence-electron chi connectivity index (χ3n) is 3.35. The molecular weight excluding hydrogens is 308 g/mol. The SMILES string of the molecule is Nc1cccc2c1CCCN2C(=O)c1coc(Br)c1. The number of fused-ring (bicyclic) bond motifs is 1. The van der Waals surface area contributed by atoms with E-state index in [4.69, 9.17) is 10.2 Å². The number of furan rings is 1. The van der Waals surface area contributed by atoms with Gasteiger partial charge in [0.1, 0.15) is 6.26 Å². The third-order valence-corrected chi connectivity index (χ3v) is 3.76. The van der Waals surface area contributed by atoms with E-state index in [9.17, 15) is 4.79 Å².